The molecule has 0 aliphatic heterocycles. The molecular weight excluding hydrogens is 180 g/mol. The highest BCUT2D eigenvalue weighted by atomic mass is 32.2. The summed E-state index contributed by atoms with van der Waals surface area (Å²) in [5, 5.41) is 0. The molecule has 12 heavy (non-hydrogen) atoms. The van der Waals surface area contributed by atoms with Crippen LogP contribution in [-0.4, -0.2) is 15.0 Å². The molecule has 0 saturated heterocycles. The molecule has 0 unspecified atom stereocenters. The SMILES string of the molecule is CCCCCNS(=O)(=O)N=[N+]=[N-]. The molecule has 0 heterocycles. The van der Waals surface area contributed by atoms with Crippen molar-refractivity contribution in [2.75, 3.05) is 6.54 Å². The molecule has 0 aromatic heterocycles. The first-order valence-corrected chi connectivity index (χ1v) is 5.12. The third kappa shape index (κ3) is 5.96. The smallest absolute Gasteiger partial charge is 0.209 e. The van der Waals surface area contributed by atoms with Crippen LogP contribution in [0.1, 0.15) is 26.2 Å². The lowest BCUT2D eigenvalue weighted by Gasteiger charge is -1.98. The van der Waals surface area contributed by atoms with Crippen molar-refractivity contribution in [2.45, 2.75) is 26.2 Å². The molecule has 0 saturated carbocycles. The molecule has 0 atom stereocenters. The fraction of sp³-hybridized carbons (Fsp3) is 1.00. The first kappa shape index (κ1) is 11.2. The number of nitrogens with zero attached hydrogens (tertiary/aromatic N) is 3. The molecule has 0 fully saturated rings. The molecule has 1 N–H and O–H groups in total. The van der Waals surface area contributed by atoms with Crippen molar-refractivity contribution in [3.8, 4) is 0 Å². The third-order valence-electron chi connectivity index (χ3n) is 1.21. The Morgan fingerprint density at radius 1 is 1.50 bits per heavy atom. The zero-order valence-electron chi connectivity index (χ0n) is 6.89. The van der Waals surface area contributed by atoms with Gasteiger partial charge < -0.3 is 0 Å². The molecule has 0 amide bonds. The van der Waals surface area contributed by atoms with Gasteiger partial charge in [-0.3, -0.25) is 0 Å². The maximum absolute atomic E-state index is 10.7. The van der Waals surface area contributed by atoms with E-state index in [1.54, 1.807) is 0 Å². The van der Waals surface area contributed by atoms with Gasteiger partial charge in [0.1, 0.15) is 0 Å². The average Bonchev–Trinajstić information content (AvgIpc) is 1.98. The van der Waals surface area contributed by atoms with E-state index in [-0.39, 0.29) is 0 Å². The summed E-state index contributed by atoms with van der Waals surface area (Å²) in [4.78, 5) is 2.18. The third-order valence-corrected chi connectivity index (χ3v) is 2.07. The fourth-order valence-corrected chi connectivity index (χ4v) is 1.21. The summed E-state index contributed by atoms with van der Waals surface area (Å²) in [6.07, 6.45) is 2.73. The predicted octanol–water partition coefficient (Wildman–Crippen LogP) is 1.32. The van der Waals surface area contributed by atoms with Crippen LogP contribution >= 0.6 is 0 Å². The lowest BCUT2D eigenvalue weighted by atomic mass is 10.3. The van der Waals surface area contributed by atoms with Crippen LogP contribution in [0.25, 0.3) is 10.4 Å². The van der Waals surface area contributed by atoms with Crippen molar-refractivity contribution < 1.29 is 8.42 Å². The van der Waals surface area contributed by atoms with Gasteiger partial charge >= 0.3 is 0 Å². The lowest BCUT2D eigenvalue weighted by Crippen LogP contribution is -2.21. The van der Waals surface area contributed by atoms with Gasteiger partial charge in [0.15, 0.2) is 0 Å². The quantitative estimate of drug-likeness (QED) is 0.297. The molecule has 0 aromatic carbocycles. The summed E-state index contributed by atoms with van der Waals surface area (Å²) in [6.45, 7) is 2.34. The van der Waals surface area contributed by atoms with E-state index in [9.17, 15) is 8.42 Å². The first-order valence-electron chi connectivity index (χ1n) is 3.68. The van der Waals surface area contributed by atoms with Gasteiger partial charge in [-0.25, -0.2) is 13.1 Å². The summed E-state index contributed by atoms with van der Waals surface area (Å²) < 4.78 is 26.1. The van der Waals surface area contributed by atoms with Gasteiger partial charge in [-0.15, -0.1) is 0 Å². The summed E-state index contributed by atoms with van der Waals surface area (Å²) >= 11 is 0. The van der Waals surface area contributed by atoms with Crippen molar-refractivity contribution in [1.29, 1.82) is 0 Å². The number of hydrogen-bond donors (Lipinski definition) is 1. The van der Waals surface area contributed by atoms with Gasteiger partial charge in [-0.2, -0.15) is 0 Å². The van der Waals surface area contributed by atoms with Gasteiger partial charge in [0.05, 0.1) is 0 Å². The molecule has 0 aliphatic carbocycles. The van der Waals surface area contributed by atoms with Gasteiger partial charge in [0.25, 0.3) is 10.2 Å². The van der Waals surface area contributed by atoms with Crippen LogP contribution in [0.5, 0.6) is 0 Å². The molecule has 0 aromatic rings. The highest BCUT2D eigenvalue weighted by Gasteiger charge is 2.03. The van der Waals surface area contributed by atoms with E-state index in [0.717, 1.165) is 19.3 Å². The minimum Gasteiger partial charge on any atom is -0.209 e. The van der Waals surface area contributed by atoms with E-state index in [2.05, 4.69) is 14.2 Å². The van der Waals surface area contributed by atoms with Crippen LogP contribution in [0.15, 0.2) is 4.52 Å². The second kappa shape index (κ2) is 5.82. The van der Waals surface area contributed by atoms with E-state index in [1.165, 1.54) is 0 Å². The largest absolute Gasteiger partial charge is 0.300 e. The van der Waals surface area contributed by atoms with E-state index in [1.807, 2.05) is 6.92 Å². The normalized spacial score (nSPS) is 10.8. The number of hydrogen-bond acceptors (Lipinski definition) is 2. The summed E-state index contributed by atoms with van der Waals surface area (Å²) in [5.74, 6) is 0. The lowest BCUT2D eigenvalue weighted by molar-refractivity contribution is 0.577. The Hall–Kier alpha value is -0.780. The van der Waals surface area contributed by atoms with Crippen molar-refractivity contribution in [3.05, 3.63) is 10.4 Å². The molecule has 0 rings (SSSR count). The van der Waals surface area contributed by atoms with Crippen molar-refractivity contribution in [2.24, 2.45) is 4.52 Å². The van der Waals surface area contributed by atoms with E-state index < -0.39 is 10.2 Å². The second-order valence-corrected chi connectivity index (χ2v) is 3.65. The Kier molecular flexibility index (Phi) is 5.44. The van der Waals surface area contributed by atoms with Crippen LogP contribution < -0.4 is 4.72 Å². The minimum absolute atomic E-state index is 0.329. The maximum atomic E-state index is 10.7. The fourth-order valence-electron chi connectivity index (χ4n) is 0.653. The van der Waals surface area contributed by atoms with Crippen molar-refractivity contribution in [1.82, 2.24) is 4.72 Å². The molecule has 0 radical (unpaired) electrons. The predicted molar refractivity (Wildman–Crippen MR) is 45.6 cm³/mol. The number of unbranched alkanes of at least 4 members (excludes halogenated alkanes) is 2. The zero-order valence-corrected chi connectivity index (χ0v) is 7.71. The van der Waals surface area contributed by atoms with Crippen LogP contribution in [0.2, 0.25) is 0 Å². The molecule has 0 bridgehead atoms. The average molecular weight is 192 g/mol. The van der Waals surface area contributed by atoms with Crippen LogP contribution in [0.3, 0.4) is 0 Å². The number of azide groups is 1. The van der Waals surface area contributed by atoms with Crippen molar-refractivity contribution in [3.63, 3.8) is 0 Å². The van der Waals surface area contributed by atoms with Crippen molar-refractivity contribution >= 4 is 10.2 Å². The Morgan fingerprint density at radius 2 is 2.17 bits per heavy atom. The van der Waals surface area contributed by atoms with Gasteiger partial charge in [-0.05, 0) is 12.0 Å². The zero-order chi connectivity index (χ0) is 9.45. The molecule has 0 aliphatic rings. The van der Waals surface area contributed by atoms with Crippen LogP contribution in [0, 0.1) is 0 Å². The Morgan fingerprint density at radius 3 is 2.67 bits per heavy atom. The summed E-state index contributed by atoms with van der Waals surface area (Å²) in [5.41, 5.74) is 7.84. The van der Waals surface area contributed by atoms with E-state index in [4.69, 9.17) is 5.53 Å². The summed E-state index contributed by atoms with van der Waals surface area (Å²) in [7, 11) is -3.75. The van der Waals surface area contributed by atoms with Crippen LogP contribution in [-0.2, 0) is 10.2 Å². The Labute approximate surface area is 71.8 Å². The van der Waals surface area contributed by atoms with E-state index in [0.29, 0.717) is 6.54 Å². The minimum atomic E-state index is -3.75. The highest BCUT2D eigenvalue weighted by molar-refractivity contribution is 7.88. The second-order valence-electron chi connectivity index (χ2n) is 2.25. The van der Waals surface area contributed by atoms with Crippen LogP contribution in [0.4, 0.5) is 0 Å². The highest BCUT2D eigenvalue weighted by Crippen LogP contribution is 1.93. The monoisotopic (exact) mass is 192 g/mol. The molecular formula is C5H12N4O2S. The Balaban J connectivity index is 3.70. The van der Waals surface area contributed by atoms with Gasteiger partial charge in [-0.1, -0.05) is 19.8 Å². The van der Waals surface area contributed by atoms with Gasteiger partial charge in [0, 0.05) is 16.0 Å². The van der Waals surface area contributed by atoms with Gasteiger partial charge in [0.2, 0.25) is 0 Å². The molecule has 70 valence electrons. The summed E-state index contributed by atoms with van der Waals surface area (Å²) in [6, 6.07) is 0. The standard InChI is InChI=1S/C5H12N4O2S/c1-2-3-4-5-7-12(10,11)9-8-6/h7H,2-5H2,1H3. The number of rotatable bonds is 6. The number of nitrogens with one attached hydrogen (secondary N) is 1. The maximum Gasteiger partial charge on any atom is 0.300 e. The molecule has 6 nitrogen and oxygen atoms in total. The van der Waals surface area contributed by atoms with E-state index >= 15 is 0 Å². The first-order chi connectivity index (χ1) is 5.62. The Bertz CT molecular complexity index is 255. The molecule has 0 spiro atoms. The molecule has 7 heteroatoms. The topological polar surface area (TPSA) is 94.9 Å².